The summed E-state index contributed by atoms with van der Waals surface area (Å²) in [5, 5.41) is 9.23. The molecule has 1 atom stereocenters. The molecule has 2 aromatic carbocycles. The molecule has 4 rings (SSSR count). The summed E-state index contributed by atoms with van der Waals surface area (Å²) < 4.78 is 27.3. The number of sulfonamides is 1. The van der Waals surface area contributed by atoms with Crippen LogP contribution in [0.3, 0.4) is 0 Å². The first-order valence-electron chi connectivity index (χ1n) is 10.5. The standard InChI is InChI=1S/C23H24N4O4S/c24-15-19-8-4-5-9-21(19)32(30,31)27-12-10-25(11-13-27)23(29)20-14-22(28)26(17-20)16-18-6-2-1-3-7-18/h1-9,20H,10-14,16-17H2. The highest BCUT2D eigenvalue weighted by Crippen LogP contribution is 2.25. The molecule has 0 radical (unpaired) electrons. The fourth-order valence-electron chi connectivity index (χ4n) is 4.22. The van der Waals surface area contributed by atoms with Gasteiger partial charge in [0.2, 0.25) is 21.8 Å². The fraction of sp³-hybridized carbons (Fsp3) is 0.348. The third-order valence-electron chi connectivity index (χ3n) is 5.96. The monoisotopic (exact) mass is 452 g/mol. The lowest BCUT2D eigenvalue weighted by Gasteiger charge is -2.35. The van der Waals surface area contributed by atoms with Crippen LogP contribution >= 0.6 is 0 Å². The fourth-order valence-corrected chi connectivity index (χ4v) is 5.79. The summed E-state index contributed by atoms with van der Waals surface area (Å²) in [7, 11) is -3.81. The Kier molecular flexibility index (Phi) is 6.26. The van der Waals surface area contributed by atoms with Gasteiger partial charge in [0.15, 0.2) is 0 Å². The molecule has 2 aromatic rings. The Morgan fingerprint density at radius 3 is 2.34 bits per heavy atom. The largest absolute Gasteiger partial charge is 0.340 e. The number of nitrogens with zero attached hydrogens (tertiary/aromatic N) is 4. The highest BCUT2D eigenvalue weighted by Gasteiger charge is 2.38. The minimum Gasteiger partial charge on any atom is -0.340 e. The van der Waals surface area contributed by atoms with Crippen LogP contribution in [-0.4, -0.2) is 67.1 Å². The molecule has 2 saturated heterocycles. The van der Waals surface area contributed by atoms with E-state index in [2.05, 4.69) is 0 Å². The molecular formula is C23H24N4O4S. The van der Waals surface area contributed by atoms with Gasteiger partial charge in [0.1, 0.15) is 6.07 Å². The van der Waals surface area contributed by atoms with E-state index in [1.807, 2.05) is 36.4 Å². The Balaban J connectivity index is 1.37. The molecule has 8 nitrogen and oxygen atoms in total. The molecule has 9 heteroatoms. The maximum Gasteiger partial charge on any atom is 0.244 e. The summed E-state index contributed by atoms with van der Waals surface area (Å²) in [6.07, 6.45) is 0.180. The number of carbonyl (C=O) groups is 2. The van der Waals surface area contributed by atoms with Gasteiger partial charge in [0.05, 0.1) is 16.4 Å². The maximum absolute atomic E-state index is 13.0. The summed E-state index contributed by atoms with van der Waals surface area (Å²) >= 11 is 0. The Morgan fingerprint density at radius 1 is 1.00 bits per heavy atom. The van der Waals surface area contributed by atoms with Crippen molar-refractivity contribution in [3.8, 4) is 6.07 Å². The zero-order chi connectivity index (χ0) is 22.7. The lowest BCUT2D eigenvalue weighted by Crippen LogP contribution is -2.52. The van der Waals surface area contributed by atoms with Gasteiger partial charge in [-0.2, -0.15) is 9.57 Å². The molecule has 0 bridgehead atoms. The van der Waals surface area contributed by atoms with Crippen molar-refractivity contribution in [2.75, 3.05) is 32.7 Å². The van der Waals surface area contributed by atoms with Crippen LogP contribution in [0.4, 0.5) is 0 Å². The number of hydrogen-bond acceptors (Lipinski definition) is 5. The van der Waals surface area contributed by atoms with E-state index in [4.69, 9.17) is 0 Å². The molecule has 2 aliphatic rings. The minimum atomic E-state index is -3.81. The van der Waals surface area contributed by atoms with Gasteiger partial charge in [-0.3, -0.25) is 9.59 Å². The molecule has 0 aromatic heterocycles. The van der Waals surface area contributed by atoms with Crippen molar-refractivity contribution in [3.63, 3.8) is 0 Å². The Labute approximate surface area is 187 Å². The summed E-state index contributed by atoms with van der Waals surface area (Å²) in [4.78, 5) is 28.8. The zero-order valence-electron chi connectivity index (χ0n) is 17.6. The third-order valence-corrected chi connectivity index (χ3v) is 7.91. The zero-order valence-corrected chi connectivity index (χ0v) is 18.4. The number of amides is 2. The number of nitriles is 1. The van der Waals surface area contributed by atoms with Gasteiger partial charge in [-0.1, -0.05) is 42.5 Å². The number of piperazine rings is 1. The van der Waals surface area contributed by atoms with Crippen molar-refractivity contribution in [1.82, 2.24) is 14.1 Å². The molecule has 2 amide bonds. The molecule has 2 heterocycles. The Hall–Kier alpha value is -3.22. The van der Waals surface area contributed by atoms with E-state index >= 15 is 0 Å². The number of carbonyl (C=O) groups excluding carboxylic acids is 2. The van der Waals surface area contributed by atoms with Crippen molar-refractivity contribution in [3.05, 3.63) is 65.7 Å². The van der Waals surface area contributed by atoms with Crippen molar-refractivity contribution in [2.45, 2.75) is 17.9 Å². The van der Waals surface area contributed by atoms with E-state index in [0.29, 0.717) is 13.1 Å². The lowest BCUT2D eigenvalue weighted by molar-refractivity contribution is -0.137. The minimum absolute atomic E-state index is 0.0137. The van der Waals surface area contributed by atoms with Gasteiger partial charge in [-0.05, 0) is 17.7 Å². The van der Waals surface area contributed by atoms with Crippen LogP contribution in [0.1, 0.15) is 17.5 Å². The predicted octanol–water partition coefficient (Wildman–Crippen LogP) is 1.44. The normalized spacial score (nSPS) is 19.7. The molecule has 166 valence electrons. The molecule has 0 aliphatic carbocycles. The molecule has 0 saturated carbocycles. The second kappa shape index (κ2) is 9.10. The highest BCUT2D eigenvalue weighted by molar-refractivity contribution is 7.89. The van der Waals surface area contributed by atoms with Crippen LogP contribution in [0, 0.1) is 17.2 Å². The van der Waals surface area contributed by atoms with Crippen LogP contribution in [0.25, 0.3) is 0 Å². The van der Waals surface area contributed by atoms with Crippen LogP contribution in [0.15, 0.2) is 59.5 Å². The number of rotatable bonds is 5. The molecule has 1 unspecified atom stereocenters. The average molecular weight is 453 g/mol. The topological polar surface area (TPSA) is 102 Å². The average Bonchev–Trinajstić information content (AvgIpc) is 3.19. The van der Waals surface area contributed by atoms with Crippen LogP contribution in [-0.2, 0) is 26.2 Å². The molecule has 2 aliphatic heterocycles. The lowest BCUT2D eigenvalue weighted by atomic mass is 10.1. The second-order valence-corrected chi connectivity index (χ2v) is 9.90. The highest BCUT2D eigenvalue weighted by atomic mass is 32.2. The van der Waals surface area contributed by atoms with E-state index < -0.39 is 15.9 Å². The first kappa shape index (κ1) is 22.0. The van der Waals surface area contributed by atoms with Crippen LogP contribution in [0.5, 0.6) is 0 Å². The van der Waals surface area contributed by atoms with Gasteiger partial charge in [-0.25, -0.2) is 8.42 Å². The van der Waals surface area contributed by atoms with E-state index in [1.54, 1.807) is 21.9 Å². The number of likely N-dealkylation sites (tertiary alicyclic amines) is 1. The van der Waals surface area contributed by atoms with Crippen molar-refractivity contribution in [1.29, 1.82) is 5.26 Å². The van der Waals surface area contributed by atoms with Gasteiger partial charge in [0.25, 0.3) is 0 Å². The van der Waals surface area contributed by atoms with Gasteiger partial charge in [0, 0.05) is 45.7 Å². The number of hydrogen-bond donors (Lipinski definition) is 0. The first-order valence-corrected chi connectivity index (χ1v) is 11.9. The molecule has 0 N–H and O–H groups in total. The van der Waals surface area contributed by atoms with Crippen molar-refractivity contribution in [2.24, 2.45) is 5.92 Å². The van der Waals surface area contributed by atoms with Crippen LogP contribution < -0.4 is 0 Å². The molecule has 0 spiro atoms. The van der Waals surface area contributed by atoms with Gasteiger partial charge in [-0.15, -0.1) is 0 Å². The second-order valence-electron chi connectivity index (χ2n) is 8.00. The SMILES string of the molecule is N#Cc1ccccc1S(=O)(=O)N1CCN(C(=O)C2CC(=O)N(Cc3ccccc3)C2)CC1. The van der Waals surface area contributed by atoms with E-state index in [1.165, 1.54) is 16.4 Å². The Bertz CT molecular complexity index is 1150. The maximum atomic E-state index is 13.0. The smallest absolute Gasteiger partial charge is 0.244 e. The van der Waals surface area contributed by atoms with Crippen molar-refractivity contribution >= 4 is 21.8 Å². The molecule has 2 fully saturated rings. The predicted molar refractivity (Wildman–Crippen MR) is 116 cm³/mol. The van der Waals surface area contributed by atoms with Crippen LogP contribution in [0.2, 0.25) is 0 Å². The quantitative estimate of drug-likeness (QED) is 0.683. The molecular weight excluding hydrogens is 428 g/mol. The number of benzene rings is 2. The van der Waals surface area contributed by atoms with E-state index in [-0.39, 0.29) is 54.9 Å². The van der Waals surface area contributed by atoms with E-state index in [9.17, 15) is 23.3 Å². The van der Waals surface area contributed by atoms with E-state index in [0.717, 1.165) is 5.56 Å². The third kappa shape index (κ3) is 4.38. The molecule has 32 heavy (non-hydrogen) atoms. The first-order chi connectivity index (χ1) is 15.4. The summed E-state index contributed by atoms with van der Waals surface area (Å²) in [5.41, 5.74) is 1.12. The van der Waals surface area contributed by atoms with Gasteiger partial charge >= 0.3 is 0 Å². The summed E-state index contributed by atoms with van der Waals surface area (Å²) in [6, 6.07) is 17.7. The summed E-state index contributed by atoms with van der Waals surface area (Å²) in [5.74, 6) is -0.557. The Morgan fingerprint density at radius 2 is 1.66 bits per heavy atom. The summed E-state index contributed by atoms with van der Waals surface area (Å²) in [6.45, 7) is 1.69. The van der Waals surface area contributed by atoms with Crippen molar-refractivity contribution < 1.29 is 18.0 Å². The van der Waals surface area contributed by atoms with Gasteiger partial charge < -0.3 is 9.80 Å².